The molecule has 0 unspecified atom stereocenters. The Morgan fingerprint density at radius 3 is 2.69 bits per heavy atom. The summed E-state index contributed by atoms with van der Waals surface area (Å²) in [7, 11) is 3.10. The zero-order valence-corrected chi connectivity index (χ0v) is 16.7. The van der Waals surface area contributed by atoms with Crippen molar-refractivity contribution in [1.82, 2.24) is 14.9 Å². The van der Waals surface area contributed by atoms with Crippen LogP contribution in [-0.2, 0) is 11.3 Å². The van der Waals surface area contributed by atoms with Crippen LogP contribution in [0.5, 0.6) is 11.5 Å². The molecule has 0 fully saturated rings. The first-order valence-corrected chi connectivity index (χ1v) is 9.26. The van der Waals surface area contributed by atoms with Gasteiger partial charge in [0.05, 0.1) is 43.9 Å². The number of likely N-dealkylation sites (N-methyl/N-ethyl adjacent to an activating group) is 1. The van der Waals surface area contributed by atoms with E-state index in [9.17, 15) is 9.59 Å². The number of hydrogen-bond donors (Lipinski definition) is 2. The second-order valence-electron chi connectivity index (χ2n) is 6.45. The third-order valence-electron chi connectivity index (χ3n) is 4.53. The molecule has 8 heteroatoms. The topological polar surface area (TPSA) is 96.6 Å². The van der Waals surface area contributed by atoms with Gasteiger partial charge in [-0.15, -0.1) is 0 Å². The van der Waals surface area contributed by atoms with E-state index in [0.717, 1.165) is 0 Å². The predicted octanol–water partition coefficient (Wildman–Crippen LogP) is 2.40. The summed E-state index contributed by atoms with van der Waals surface area (Å²) >= 11 is 0. The minimum atomic E-state index is -0.196. The minimum absolute atomic E-state index is 0.141. The van der Waals surface area contributed by atoms with Crippen LogP contribution >= 0.6 is 0 Å². The van der Waals surface area contributed by atoms with Crippen molar-refractivity contribution in [3.05, 3.63) is 58.6 Å². The van der Waals surface area contributed by atoms with E-state index >= 15 is 0 Å². The Hall–Kier alpha value is -3.39. The lowest BCUT2D eigenvalue weighted by Gasteiger charge is -2.20. The Kier molecular flexibility index (Phi) is 6.46. The second kappa shape index (κ2) is 9.20. The van der Waals surface area contributed by atoms with Crippen LogP contribution in [0.1, 0.15) is 12.7 Å². The highest BCUT2D eigenvalue weighted by molar-refractivity contribution is 5.93. The largest absolute Gasteiger partial charge is 0.497 e. The fourth-order valence-electron chi connectivity index (χ4n) is 3.00. The number of H-pyrrole nitrogens is 1. The van der Waals surface area contributed by atoms with E-state index in [2.05, 4.69) is 15.3 Å². The van der Waals surface area contributed by atoms with Gasteiger partial charge in [0.25, 0.3) is 5.56 Å². The summed E-state index contributed by atoms with van der Waals surface area (Å²) < 4.78 is 10.5. The number of benzene rings is 2. The lowest BCUT2D eigenvalue weighted by atomic mass is 10.2. The Bertz CT molecular complexity index is 1060. The Morgan fingerprint density at radius 1 is 1.17 bits per heavy atom. The quantitative estimate of drug-likeness (QED) is 0.607. The molecule has 0 spiro atoms. The van der Waals surface area contributed by atoms with Crippen molar-refractivity contribution in [3.8, 4) is 11.5 Å². The van der Waals surface area contributed by atoms with Crippen LogP contribution in [0, 0.1) is 0 Å². The average molecular weight is 396 g/mol. The van der Waals surface area contributed by atoms with Gasteiger partial charge in [0.2, 0.25) is 5.91 Å². The molecule has 0 saturated carbocycles. The summed E-state index contributed by atoms with van der Waals surface area (Å²) in [6.07, 6.45) is 0. The fraction of sp³-hybridized carbons (Fsp3) is 0.286. The van der Waals surface area contributed by atoms with E-state index in [4.69, 9.17) is 9.47 Å². The number of nitrogens with one attached hydrogen (secondary N) is 2. The number of ether oxygens (including phenoxy) is 2. The highest BCUT2D eigenvalue weighted by Crippen LogP contribution is 2.28. The van der Waals surface area contributed by atoms with Gasteiger partial charge in [0.1, 0.15) is 17.3 Å². The highest BCUT2D eigenvalue weighted by Gasteiger charge is 2.14. The molecule has 0 saturated heterocycles. The molecule has 8 nitrogen and oxygen atoms in total. The first-order valence-electron chi connectivity index (χ1n) is 9.26. The molecule has 0 aliphatic heterocycles. The monoisotopic (exact) mass is 396 g/mol. The highest BCUT2D eigenvalue weighted by atomic mass is 16.5. The van der Waals surface area contributed by atoms with Gasteiger partial charge < -0.3 is 19.8 Å². The Morgan fingerprint density at radius 2 is 1.97 bits per heavy atom. The molecule has 29 heavy (non-hydrogen) atoms. The van der Waals surface area contributed by atoms with Gasteiger partial charge in [0, 0.05) is 6.07 Å². The zero-order valence-electron chi connectivity index (χ0n) is 16.7. The first-order chi connectivity index (χ1) is 14.0. The third-order valence-corrected chi connectivity index (χ3v) is 4.53. The lowest BCUT2D eigenvalue weighted by molar-refractivity contribution is -0.117. The predicted molar refractivity (Wildman–Crippen MR) is 111 cm³/mol. The summed E-state index contributed by atoms with van der Waals surface area (Å²) in [5.41, 5.74) is 1.01. The number of methoxy groups -OCH3 is 2. The number of aromatic nitrogens is 2. The maximum Gasteiger partial charge on any atom is 0.258 e. The molecule has 0 bridgehead atoms. The van der Waals surface area contributed by atoms with Crippen molar-refractivity contribution in [2.24, 2.45) is 0 Å². The average Bonchev–Trinajstić information content (AvgIpc) is 2.73. The van der Waals surface area contributed by atoms with Crippen molar-refractivity contribution >= 4 is 22.5 Å². The molecule has 1 aromatic heterocycles. The number of anilines is 1. The van der Waals surface area contributed by atoms with Crippen molar-refractivity contribution in [2.45, 2.75) is 13.5 Å². The van der Waals surface area contributed by atoms with Gasteiger partial charge in [-0.3, -0.25) is 14.5 Å². The van der Waals surface area contributed by atoms with Gasteiger partial charge in [-0.05, 0) is 30.8 Å². The molecule has 1 amide bonds. The van der Waals surface area contributed by atoms with Crippen LogP contribution in [0.4, 0.5) is 5.69 Å². The number of rotatable bonds is 8. The van der Waals surface area contributed by atoms with E-state index in [1.165, 1.54) is 7.11 Å². The molecule has 3 rings (SSSR count). The smallest absolute Gasteiger partial charge is 0.258 e. The van der Waals surface area contributed by atoms with E-state index in [1.807, 2.05) is 17.9 Å². The van der Waals surface area contributed by atoms with Crippen LogP contribution in [0.2, 0.25) is 0 Å². The molecular weight excluding hydrogens is 372 g/mol. The summed E-state index contributed by atoms with van der Waals surface area (Å²) in [5.74, 6) is 1.48. The molecule has 0 atom stereocenters. The van der Waals surface area contributed by atoms with Crippen LogP contribution < -0.4 is 20.3 Å². The second-order valence-corrected chi connectivity index (χ2v) is 6.45. The molecule has 0 aliphatic carbocycles. The molecule has 2 N–H and O–H groups in total. The number of fused-ring (bicyclic) bond motifs is 1. The van der Waals surface area contributed by atoms with Gasteiger partial charge >= 0.3 is 0 Å². The number of nitrogens with zero attached hydrogens (tertiary/aromatic N) is 2. The van der Waals surface area contributed by atoms with Crippen molar-refractivity contribution in [2.75, 3.05) is 32.6 Å². The number of para-hydroxylation sites is 1. The number of hydrogen-bond acceptors (Lipinski definition) is 6. The Labute approximate surface area is 168 Å². The van der Waals surface area contributed by atoms with E-state index in [-0.39, 0.29) is 18.0 Å². The third kappa shape index (κ3) is 4.91. The van der Waals surface area contributed by atoms with Gasteiger partial charge in [0.15, 0.2) is 0 Å². The number of carbonyl (C=O) groups is 1. The normalized spacial score (nSPS) is 10.9. The van der Waals surface area contributed by atoms with Crippen LogP contribution in [0.25, 0.3) is 10.9 Å². The molecule has 0 aliphatic rings. The minimum Gasteiger partial charge on any atom is -0.497 e. The van der Waals surface area contributed by atoms with E-state index in [0.29, 0.717) is 47.0 Å². The van der Waals surface area contributed by atoms with Gasteiger partial charge in [-0.25, -0.2) is 4.98 Å². The molecule has 2 aromatic carbocycles. The van der Waals surface area contributed by atoms with Crippen LogP contribution in [0.15, 0.2) is 47.3 Å². The van der Waals surface area contributed by atoms with Crippen molar-refractivity contribution in [3.63, 3.8) is 0 Å². The first kappa shape index (κ1) is 20.3. The number of amides is 1. The summed E-state index contributed by atoms with van der Waals surface area (Å²) in [5, 5.41) is 3.40. The maximum absolute atomic E-state index is 12.5. The molecule has 152 valence electrons. The summed E-state index contributed by atoms with van der Waals surface area (Å²) in [4.78, 5) is 34.0. The molecule has 3 aromatic rings. The number of carbonyl (C=O) groups excluding carboxylic acids is 1. The Balaban J connectivity index is 1.70. The van der Waals surface area contributed by atoms with Crippen molar-refractivity contribution in [1.29, 1.82) is 0 Å². The van der Waals surface area contributed by atoms with Crippen molar-refractivity contribution < 1.29 is 14.3 Å². The molecular formula is C21H24N4O4. The van der Waals surface area contributed by atoms with Crippen LogP contribution in [-0.4, -0.2) is 48.1 Å². The zero-order chi connectivity index (χ0) is 20.8. The lowest BCUT2D eigenvalue weighted by Crippen LogP contribution is -2.34. The fourth-order valence-corrected chi connectivity index (χ4v) is 3.00. The van der Waals surface area contributed by atoms with Crippen LogP contribution in [0.3, 0.4) is 0 Å². The maximum atomic E-state index is 12.5. The molecule has 0 radical (unpaired) electrons. The summed E-state index contributed by atoms with van der Waals surface area (Å²) in [6, 6.07) is 12.4. The molecule has 1 heterocycles. The number of aromatic amines is 1. The van der Waals surface area contributed by atoms with E-state index < -0.39 is 0 Å². The van der Waals surface area contributed by atoms with Gasteiger partial charge in [-0.1, -0.05) is 19.1 Å². The van der Waals surface area contributed by atoms with Gasteiger partial charge in [-0.2, -0.15) is 0 Å². The SMILES string of the molecule is CCN(CC(=O)Nc1ccc(OC)cc1OC)Cc1nc2ccccc2c(=O)[nH]1. The van der Waals surface area contributed by atoms with E-state index in [1.54, 1.807) is 43.5 Å². The standard InChI is InChI=1S/C21H24N4O4/c1-4-25(12-19-22-16-8-6-5-7-15(16)21(27)24-19)13-20(26)23-17-10-9-14(28-2)11-18(17)29-3/h5-11H,4,12-13H2,1-3H3,(H,23,26)(H,22,24,27). The summed E-state index contributed by atoms with van der Waals surface area (Å²) in [6.45, 7) is 3.05.